The second kappa shape index (κ2) is 7.17. The summed E-state index contributed by atoms with van der Waals surface area (Å²) < 4.78 is 0. The van der Waals surface area contributed by atoms with E-state index in [-0.39, 0.29) is 30.1 Å². The second-order valence-corrected chi connectivity index (χ2v) is 5.38. The molecule has 3 nitrogen and oxygen atoms in total. The predicted octanol–water partition coefficient (Wildman–Crippen LogP) is 0.997. The van der Waals surface area contributed by atoms with Crippen molar-refractivity contribution in [3.05, 3.63) is 60.7 Å². The summed E-state index contributed by atoms with van der Waals surface area (Å²) in [6.45, 7) is 2.17. The van der Waals surface area contributed by atoms with Gasteiger partial charge in [0.2, 0.25) is 0 Å². The number of para-hydroxylation sites is 2. The highest BCUT2D eigenvalue weighted by Crippen LogP contribution is 2.31. The van der Waals surface area contributed by atoms with E-state index in [1.807, 2.05) is 24.3 Å². The average Bonchev–Trinajstić information content (AvgIpc) is 2.86. The van der Waals surface area contributed by atoms with Gasteiger partial charge in [-0.3, -0.25) is 4.90 Å². The number of hydrazone groups is 1. The molecule has 0 saturated heterocycles. The molecule has 1 heterocycles. The maximum Gasteiger partial charge on any atom is 0.189 e. The van der Waals surface area contributed by atoms with E-state index in [0.29, 0.717) is 0 Å². The number of amidine groups is 1. The van der Waals surface area contributed by atoms with Gasteiger partial charge in [0.25, 0.3) is 0 Å². The highest BCUT2D eigenvalue weighted by atomic mass is 127. The van der Waals surface area contributed by atoms with E-state index in [0.717, 1.165) is 10.9 Å². The lowest BCUT2D eigenvalue weighted by Crippen LogP contribution is -3.00. The number of benzene rings is 2. The van der Waals surface area contributed by atoms with Gasteiger partial charge >= 0.3 is 0 Å². The Hall–Kier alpha value is -1.21. The van der Waals surface area contributed by atoms with Crippen molar-refractivity contribution in [2.75, 3.05) is 16.2 Å². The SMILES string of the molecule is CSC1=NN(c2ccccc2)C(C)N1c1ccccc1.[I-]. The zero-order chi connectivity index (χ0) is 13.9. The molecule has 21 heavy (non-hydrogen) atoms. The highest BCUT2D eigenvalue weighted by molar-refractivity contribution is 8.13. The first-order valence-corrected chi connectivity index (χ1v) is 7.85. The van der Waals surface area contributed by atoms with E-state index in [2.05, 4.69) is 59.5 Å². The van der Waals surface area contributed by atoms with Crippen molar-refractivity contribution in [2.45, 2.75) is 13.1 Å². The fourth-order valence-electron chi connectivity index (χ4n) is 2.40. The molecular weight excluding hydrogens is 393 g/mol. The van der Waals surface area contributed by atoms with E-state index >= 15 is 0 Å². The molecule has 0 radical (unpaired) electrons. The molecule has 0 bridgehead atoms. The third-order valence-electron chi connectivity index (χ3n) is 3.36. The smallest absolute Gasteiger partial charge is 0.189 e. The van der Waals surface area contributed by atoms with E-state index in [4.69, 9.17) is 5.10 Å². The molecule has 0 saturated carbocycles. The van der Waals surface area contributed by atoms with Crippen molar-refractivity contribution < 1.29 is 24.0 Å². The Morgan fingerprint density at radius 3 is 1.95 bits per heavy atom. The lowest BCUT2D eigenvalue weighted by molar-refractivity contribution is -0.00000398. The molecule has 3 rings (SSSR count). The van der Waals surface area contributed by atoms with Crippen LogP contribution in [0.15, 0.2) is 65.8 Å². The van der Waals surface area contributed by atoms with Crippen LogP contribution >= 0.6 is 11.8 Å². The van der Waals surface area contributed by atoms with Crippen LogP contribution in [-0.2, 0) is 0 Å². The number of nitrogens with zero attached hydrogens (tertiary/aromatic N) is 3. The molecule has 0 aromatic heterocycles. The van der Waals surface area contributed by atoms with Gasteiger partial charge in [0, 0.05) is 5.69 Å². The predicted molar refractivity (Wildman–Crippen MR) is 88.3 cm³/mol. The normalized spacial score (nSPS) is 17.4. The summed E-state index contributed by atoms with van der Waals surface area (Å²) in [6.07, 6.45) is 2.23. The number of hydrogen-bond acceptors (Lipinski definition) is 4. The molecule has 0 fully saturated rings. The molecule has 1 aliphatic rings. The zero-order valence-electron chi connectivity index (χ0n) is 12.0. The van der Waals surface area contributed by atoms with E-state index in [9.17, 15) is 0 Å². The van der Waals surface area contributed by atoms with Gasteiger partial charge < -0.3 is 24.0 Å². The van der Waals surface area contributed by atoms with Gasteiger partial charge in [-0.1, -0.05) is 48.2 Å². The summed E-state index contributed by atoms with van der Waals surface area (Å²) in [5.74, 6) is 0. The standard InChI is InChI=1S/C16H17N3S.HI/c1-13-18(14-9-5-3-6-10-14)16(20-2)17-19(13)15-11-7-4-8-12-15;/h3-13H,1-2H3;1H/p-1. The van der Waals surface area contributed by atoms with E-state index in [1.165, 1.54) is 5.69 Å². The molecule has 0 aliphatic carbocycles. The van der Waals surface area contributed by atoms with Gasteiger partial charge in [-0.25, -0.2) is 5.01 Å². The lowest BCUT2D eigenvalue weighted by Gasteiger charge is -2.28. The highest BCUT2D eigenvalue weighted by Gasteiger charge is 2.32. The van der Waals surface area contributed by atoms with Crippen LogP contribution in [0.3, 0.4) is 0 Å². The molecule has 2 aromatic carbocycles. The zero-order valence-corrected chi connectivity index (χ0v) is 15.0. The fourth-order valence-corrected chi connectivity index (χ4v) is 3.03. The van der Waals surface area contributed by atoms with Crippen LogP contribution in [0.1, 0.15) is 6.92 Å². The van der Waals surface area contributed by atoms with E-state index < -0.39 is 0 Å². The summed E-state index contributed by atoms with van der Waals surface area (Å²) in [4.78, 5) is 2.26. The summed E-state index contributed by atoms with van der Waals surface area (Å²) in [5.41, 5.74) is 2.29. The van der Waals surface area contributed by atoms with Crippen LogP contribution in [0.5, 0.6) is 0 Å². The third kappa shape index (κ3) is 3.18. The van der Waals surface area contributed by atoms with Crippen LogP contribution in [0.2, 0.25) is 0 Å². The quantitative estimate of drug-likeness (QED) is 0.689. The van der Waals surface area contributed by atoms with Crippen LogP contribution in [0.25, 0.3) is 0 Å². The van der Waals surface area contributed by atoms with Crippen molar-refractivity contribution in [1.82, 2.24) is 0 Å². The Kier molecular flexibility index (Phi) is 5.52. The van der Waals surface area contributed by atoms with Crippen LogP contribution in [-0.4, -0.2) is 17.6 Å². The monoisotopic (exact) mass is 410 g/mol. The minimum Gasteiger partial charge on any atom is -1.00 e. The number of halogens is 1. The van der Waals surface area contributed by atoms with Gasteiger partial charge in [0.1, 0.15) is 6.17 Å². The van der Waals surface area contributed by atoms with Crippen molar-refractivity contribution in [3.8, 4) is 0 Å². The molecule has 1 unspecified atom stereocenters. The Morgan fingerprint density at radius 1 is 0.905 bits per heavy atom. The minimum absolute atomic E-state index is 0. The summed E-state index contributed by atoms with van der Waals surface area (Å²) in [7, 11) is 0. The van der Waals surface area contributed by atoms with Crippen molar-refractivity contribution >= 4 is 28.3 Å². The minimum atomic E-state index is 0. The molecule has 1 aliphatic heterocycles. The molecular formula is C16H17IN3S-. The maximum atomic E-state index is 4.75. The molecule has 1 atom stereocenters. The first-order valence-electron chi connectivity index (χ1n) is 6.62. The second-order valence-electron chi connectivity index (χ2n) is 4.60. The Balaban J connectivity index is 0.00000161. The van der Waals surface area contributed by atoms with Crippen molar-refractivity contribution in [2.24, 2.45) is 5.10 Å². The van der Waals surface area contributed by atoms with Crippen LogP contribution in [0.4, 0.5) is 11.4 Å². The third-order valence-corrected chi connectivity index (χ3v) is 4.01. The molecule has 110 valence electrons. The molecule has 5 heteroatoms. The van der Waals surface area contributed by atoms with Gasteiger partial charge in [0.05, 0.1) is 5.69 Å². The largest absolute Gasteiger partial charge is 1.00 e. The average molecular weight is 410 g/mol. The van der Waals surface area contributed by atoms with Crippen molar-refractivity contribution in [3.63, 3.8) is 0 Å². The molecule has 0 N–H and O–H groups in total. The van der Waals surface area contributed by atoms with Crippen LogP contribution < -0.4 is 33.9 Å². The lowest BCUT2D eigenvalue weighted by atomic mass is 10.2. The summed E-state index contributed by atoms with van der Waals surface area (Å²) in [6, 6.07) is 20.7. The summed E-state index contributed by atoms with van der Waals surface area (Å²) >= 11 is 1.67. The Morgan fingerprint density at radius 2 is 1.43 bits per heavy atom. The maximum absolute atomic E-state index is 4.75. The Bertz CT molecular complexity index is 603. The number of hydrogen-bond donors (Lipinski definition) is 0. The first-order chi connectivity index (χ1) is 9.81. The van der Waals surface area contributed by atoms with Gasteiger partial charge in [-0.15, -0.1) is 5.10 Å². The molecule has 0 amide bonds. The Labute approximate surface area is 147 Å². The molecule has 0 spiro atoms. The summed E-state index contributed by atoms with van der Waals surface area (Å²) in [5, 5.41) is 7.84. The number of anilines is 2. The van der Waals surface area contributed by atoms with Gasteiger partial charge in [-0.2, -0.15) is 0 Å². The molecule has 2 aromatic rings. The van der Waals surface area contributed by atoms with Gasteiger partial charge in [-0.05, 0) is 37.4 Å². The van der Waals surface area contributed by atoms with Crippen molar-refractivity contribution in [1.29, 1.82) is 0 Å². The first kappa shape index (κ1) is 16.2. The van der Waals surface area contributed by atoms with Gasteiger partial charge in [0.15, 0.2) is 5.17 Å². The van der Waals surface area contributed by atoms with Crippen LogP contribution in [0, 0.1) is 0 Å². The fraction of sp³-hybridized carbons (Fsp3) is 0.188. The number of rotatable bonds is 2. The van der Waals surface area contributed by atoms with E-state index in [1.54, 1.807) is 11.8 Å². The number of thioether (sulfide) groups is 1. The topological polar surface area (TPSA) is 18.8 Å².